The number of fused-ring (bicyclic) bond motifs is 1. The van der Waals surface area contributed by atoms with Crippen LogP contribution in [0.25, 0.3) is 6.08 Å². The summed E-state index contributed by atoms with van der Waals surface area (Å²) in [6, 6.07) is 11.0. The lowest BCUT2D eigenvalue weighted by Gasteiger charge is -2.18. The number of hydrogen-bond acceptors (Lipinski definition) is 4. The van der Waals surface area contributed by atoms with Gasteiger partial charge in [0.05, 0.1) is 0 Å². The molecule has 0 amide bonds. The first-order valence-electron chi connectivity index (χ1n) is 7.29. The second kappa shape index (κ2) is 7.12. The largest absolute Gasteiger partial charge is 0.486 e. The quantitative estimate of drug-likeness (QED) is 0.614. The molecule has 0 saturated heterocycles. The highest BCUT2D eigenvalue weighted by molar-refractivity contribution is 6.07. The van der Waals surface area contributed by atoms with E-state index < -0.39 is 6.61 Å². The first-order valence-corrected chi connectivity index (χ1v) is 7.29. The molecule has 24 heavy (non-hydrogen) atoms. The Morgan fingerprint density at radius 3 is 2.46 bits per heavy atom. The van der Waals surface area contributed by atoms with Gasteiger partial charge in [-0.1, -0.05) is 18.2 Å². The van der Waals surface area contributed by atoms with E-state index >= 15 is 0 Å². The summed E-state index contributed by atoms with van der Waals surface area (Å²) in [5.41, 5.74) is 1.18. The van der Waals surface area contributed by atoms with Crippen molar-refractivity contribution < 1.29 is 27.8 Å². The Bertz CT molecular complexity index is 754. The first-order chi connectivity index (χ1) is 11.6. The number of rotatable bonds is 5. The van der Waals surface area contributed by atoms with E-state index in [4.69, 9.17) is 9.47 Å². The summed E-state index contributed by atoms with van der Waals surface area (Å²) >= 11 is 0. The molecule has 2 aromatic rings. The Morgan fingerprint density at radius 2 is 1.75 bits per heavy atom. The molecule has 0 saturated carbocycles. The molecule has 1 aliphatic heterocycles. The predicted molar refractivity (Wildman–Crippen MR) is 83.9 cm³/mol. The van der Waals surface area contributed by atoms with Crippen molar-refractivity contribution in [1.82, 2.24) is 0 Å². The van der Waals surface area contributed by atoms with E-state index in [1.54, 1.807) is 36.4 Å². The molecule has 4 nitrogen and oxygen atoms in total. The maximum atomic E-state index is 12.2. The predicted octanol–water partition coefficient (Wildman–Crippen LogP) is 3.96. The lowest BCUT2D eigenvalue weighted by atomic mass is 10.1. The molecule has 0 bridgehead atoms. The number of benzene rings is 2. The van der Waals surface area contributed by atoms with Crippen molar-refractivity contribution in [2.24, 2.45) is 0 Å². The van der Waals surface area contributed by atoms with Crippen LogP contribution in [-0.2, 0) is 0 Å². The average molecular weight is 332 g/mol. The van der Waals surface area contributed by atoms with Gasteiger partial charge in [0.25, 0.3) is 0 Å². The van der Waals surface area contributed by atoms with Crippen LogP contribution >= 0.6 is 0 Å². The van der Waals surface area contributed by atoms with E-state index in [0.717, 1.165) is 0 Å². The third-order valence-electron chi connectivity index (χ3n) is 3.36. The molecule has 2 aromatic carbocycles. The molecule has 124 valence electrons. The monoisotopic (exact) mass is 332 g/mol. The van der Waals surface area contributed by atoms with Crippen LogP contribution < -0.4 is 14.2 Å². The zero-order valence-electron chi connectivity index (χ0n) is 12.6. The van der Waals surface area contributed by atoms with Gasteiger partial charge in [-0.3, -0.25) is 4.79 Å². The summed E-state index contributed by atoms with van der Waals surface area (Å²) in [4.78, 5) is 12.2. The molecule has 6 heteroatoms. The van der Waals surface area contributed by atoms with E-state index in [9.17, 15) is 13.6 Å². The van der Waals surface area contributed by atoms with Crippen molar-refractivity contribution >= 4 is 11.9 Å². The van der Waals surface area contributed by atoms with Gasteiger partial charge in [-0.25, -0.2) is 0 Å². The topological polar surface area (TPSA) is 44.8 Å². The molecule has 0 aromatic heterocycles. The number of hydrogen-bond donors (Lipinski definition) is 0. The molecule has 3 rings (SSSR count). The van der Waals surface area contributed by atoms with Crippen LogP contribution in [0.15, 0.2) is 48.5 Å². The molecule has 0 N–H and O–H groups in total. The van der Waals surface area contributed by atoms with Gasteiger partial charge in [-0.2, -0.15) is 8.78 Å². The van der Waals surface area contributed by atoms with Crippen LogP contribution in [0, 0.1) is 0 Å². The van der Waals surface area contributed by atoms with Crippen molar-refractivity contribution in [3.63, 3.8) is 0 Å². The number of alkyl halides is 2. The fourth-order valence-electron chi connectivity index (χ4n) is 2.23. The van der Waals surface area contributed by atoms with Crippen LogP contribution in [-0.4, -0.2) is 25.6 Å². The normalized spacial score (nSPS) is 13.3. The van der Waals surface area contributed by atoms with E-state index in [2.05, 4.69) is 4.74 Å². The summed E-state index contributed by atoms with van der Waals surface area (Å²) in [5.74, 6) is 1.05. The summed E-state index contributed by atoms with van der Waals surface area (Å²) in [6.07, 6.45) is 3.01. The summed E-state index contributed by atoms with van der Waals surface area (Å²) in [6.45, 7) is -1.91. The van der Waals surface area contributed by atoms with E-state index in [1.807, 2.05) is 0 Å². The molecule has 0 unspecified atom stereocenters. The Labute approximate surface area is 137 Å². The maximum absolute atomic E-state index is 12.2. The number of carbonyl (C=O) groups is 1. The van der Waals surface area contributed by atoms with Gasteiger partial charge in [0.15, 0.2) is 17.3 Å². The fourth-order valence-corrected chi connectivity index (χ4v) is 2.23. The highest BCUT2D eigenvalue weighted by Gasteiger charge is 2.13. The highest BCUT2D eigenvalue weighted by atomic mass is 19.3. The molecule has 1 aliphatic rings. The van der Waals surface area contributed by atoms with Crippen LogP contribution in [0.1, 0.15) is 15.9 Å². The minimum atomic E-state index is -2.86. The molecular formula is C18H14F2O4. The molecule has 0 aliphatic carbocycles. The van der Waals surface area contributed by atoms with Gasteiger partial charge in [-0.05, 0) is 42.0 Å². The lowest BCUT2D eigenvalue weighted by Crippen LogP contribution is -2.15. The lowest BCUT2D eigenvalue weighted by molar-refractivity contribution is -0.0498. The summed E-state index contributed by atoms with van der Waals surface area (Å²) < 4.78 is 39.3. The maximum Gasteiger partial charge on any atom is 0.387 e. The summed E-state index contributed by atoms with van der Waals surface area (Å²) in [7, 11) is 0. The molecule has 0 spiro atoms. The van der Waals surface area contributed by atoms with Crippen molar-refractivity contribution in [3.05, 3.63) is 59.7 Å². The first kappa shape index (κ1) is 16.0. The van der Waals surface area contributed by atoms with Crippen molar-refractivity contribution in [1.29, 1.82) is 0 Å². The van der Waals surface area contributed by atoms with E-state index in [0.29, 0.717) is 35.8 Å². The second-order valence-electron chi connectivity index (χ2n) is 5.00. The van der Waals surface area contributed by atoms with Crippen LogP contribution in [0.4, 0.5) is 8.78 Å². The molecular weight excluding hydrogens is 318 g/mol. The summed E-state index contributed by atoms with van der Waals surface area (Å²) in [5, 5.41) is 0. The van der Waals surface area contributed by atoms with Crippen LogP contribution in [0.3, 0.4) is 0 Å². The molecule has 0 fully saturated rings. The van der Waals surface area contributed by atoms with Gasteiger partial charge >= 0.3 is 6.61 Å². The minimum Gasteiger partial charge on any atom is -0.486 e. The SMILES string of the molecule is O=C(C=Cc1ccc(OC(F)F)cc1)c1ccc2c(c1)OCCO2. The number of carbonyl (C=O) groups excluding carboxylic acids is 1. The van der Waals surface area contributed by atoms with Crippen LogP contribution in [0.5, 0.6) is 17.2 Å². The fraction of sp³-hybridized carbons (Fsp3) is 0.167. The van der Waals surface area contributed by atoms with Crippen LogP contribution in [0.2, 0.25) is 0 Å². The van der Waals surface area contributed by atoms with Gasteiger partial charge in [0, 0.05) is 5.56 Å². The van der Waals surface area contributed by atoms with E-state index in [1.165, 1.54) is 18.2 Å². The van der Waals surface area contributed by atoms with Gasteiger partial charge in [0.2, 0.25) is 0 Å². The molecule has 0 radical (unpaired) electrons. The van der Waals surface area contributed by atoms with E-state index in [-0.39, 0.29) is 11.5 Å². The molecule has 1 heterocycles. The number of allylic oxidation sites excluding steroid dienone is 1. The Hall–Kier alpha value is -2.89. The third kappa shape index (κ3) is 3.90. The Morgan fingerprint density at radius 1 is 1.04 bits per heavy atom. The van der Waals surface area contributed by atoms with Crippen molar-refractivity contribution in [2.75, 3.05) is 13.2 Å². The number of ether oxygens (including phenoxy) is 3. The zero-order chi connectivity index (χ0) is 16.9. The van der Waals surface area contributed by atoms with Crippen molar-refractivity contribution in [3.8, 4) is 17.2 Å². The average Bonchev–Trinajstić information content (AvgIpc) is 2.60. The molecule has 0 atom stereocenters. The van der Waals surface area contributed by atoms with Crippen molar-refractivity contribution in [2.45, 2.75) is 6.61 Å². The minimum absolute atomic E-state index is 0.0697. The number of halogens is 2. The highest BCUT2D eigenvalue weighted by Crippen LogP contribution is 2.31. The van der Waals surface area contributed by atoms with Gasteiger partial charge in [0.1, 0.15) is 19.0 Å². The van der Waals surface area contributed by atoms with Gasteiger partial charge < -0.3 is 14.2 Å². The zero-order valence-corrected chi connectivity index (χ0v) is 12.6. The third-order valence-corrected chi connectivity index (χ3v) is 3.36. The Kier molecular flexibility index (Phi) is 4.74. The smallest absolute Gasteiger partial charge is 0.387 e. The Balaban J connectivity index is 1.68. The standard InChI is InChI=1S/C18H14F2O4/c19-18(20)24-14-5-1-12(2-6-14)3-7-15(21)13-4-8-16-17(11-13)23-10-9-22-16/h1-8,11,18H,9-10H2. The second-order valence-corrected chi connectivity index (χ2v) is 5.00. The van der Waals surface area contributed by atoms with Gasteiger partial charge in [-0.15, -0.1) is 0 Å². The number of ketones is 1.